The van der Waals surface area contributed by atoms with E-state index in [4.69, 9.17) is 4.74 Å². The molecule has 0 spiro atoms. The highest BCUT2D eigenvalue weighted by Gasteiger charge is 2.23. The van der Waals surface area contributed by atoms with Crippen molar-refractivity contribution in [3.8, 4) is 0 Å². The topological polar surface area (TPSA) is 26.3 Å². The van der Waals surface area contributed by atoms with Gasteiger partial charge in [0.05, 0.1) is 0 Å². The number of carbonyl (C=O) groups is 1. The second kappa shape index (κ2) is 3.49. The molecule has 0 unspecified atom stereocenters. The van der Waals surface area contributed by atoms with Gasteiger partial charge in [-0.1, -0.05) is 36.5 Å². The summed E-state index contributed by atoms with van der Waals surface area (Å²) in [6.07, 6.45) is 16.3. The van der Waals surface area contributed by atoms with Crippen LogP contribution >= 0.6 is 0 Å². The number of hydrogen-bond acceptors (Lipinski definition) is 2. The van der Waals surface area contributed by atoms with Crippen molar-refractivity contribution in [2.75, 3.05) is 0 Å². The van der Waals surface area contributed by atoms with Crippen molar-refractivity contribution in [2.24, 2.45) is 0 Å². The van der Waals surface area contributed by atoms with Crippen molar-refractivity contribution in [3.05, 3.63) is 71.1 Å². The van der Waals surface area contributed by atoms with E-state index >= 15 is 0 Å². The molecule has 0 aromatic carbocycles. The molecule has 1 heterocycles. The van der Waals surface area contributed by atoms with Gasteiger partial charge in [-0.05, 0) is 23.6 Å². The van der Waals surface area contributed by atoms with Crippen LogP contribution in [0.2, 0.25) is 0 Å². The highest BCUT2D eigenvalue weighted by molar-refractivity contribution is 5.90. The first kappa shape index (κ1) is 9.16. The second-order valence-electron chi connectivity index (χ2n) is 3.86. The van der Waals surface area contributed by atoms with E-state index in [0.29, 0.717) is 5.76 Å². The number of carbonyl (C=O) groups excluding carboxylic acids is 1. The summed E-state index contributed by atoms with van der Waals surface area (Å²) in [4.78, 5) is 11.3. The number of hydrogen-bond donors (Lipinski definition) is 0. The first-order valence-corrected chi connectivity index (χ1v) is 5.22. The maximum Gasteiger partial charge on any atom is 0.336 e. The van der Waals surface area contributed by atoms with E-state index < -0.39 is 0 Å². The van der Waals surface area contributed by atoms with Gasteiger partial charge >= 0.3 is 5.97 Å². The number of fused-ring (bicyclic) bond motifs is 4. The normalized spacial score (nSPS) is 21.9. The molecule has 0 fully saturated rings. The molecule has 78 valence electrons. The summed E-state index contributed by atoms with van der Waals surface area (Å²) >= 11 is 0. The number of allylic oxidation sites excluding steroid dienone is 9. The first-order chi connectivity index (χ1) is 7.83. The molecule has 3 aliphatic rings. The van der Waals surface area contributed by atoms with Crippen molar-refractivity contribution in [3.63, 3.8) is 0 Å². The summed E-state index contributed by atoms with van der Waals surface area (Å²) in [7, 11) is 0. The Bertz CT molecular complexity index is 537. The third-order valence-corrected chi connectivity index (χ3v) is 2.76. The average molecular weight is 210 g/mol. The fraction of sp³-hybridized carbons (Fsp3) is 0.0714. The van der Waals surface area contributed by atoms with Crippen LogP contribution in [0.15, 0.2) is 71.1 Å². The van der Waals surface area contributed by atoms with E-state index in [-0.39, 0.29) is 5.97 Å². The zero-order valence-electron chi connectivity index (χ0n) is 8.64. The second-order valence-corrected chi connectivity index (χ2v) is 3.86. The molecule has 0 aromatic heterocycles. The Morgan fingerprint density at radius 2 is 1.94 bits per heavy atom. The van der Waals surface area contributed by atoms with Crippen LogP contribution in [0.3, 0.4) is 0 Å². The lowest BCUT2D eigenvalue weighted by Crippen LogP contribution is -1.96. The maximum atomic E-state index is 11.3. The molecule has 0 atom stereocenters. The molecule has 0 aromatic rings. The average Bonchev–Trinajstić information content (AvgIpc) is 2.51. The fourth-order valence-corrected chi connectivity index (χ4v) is 2.00. The molecule has 2 nitrogen and oxygen atoms in total. The maximum absolute atomic E-state index is 11.3. The summed E-state index contributed by atoms with van der Waals surface area (Å²) < 4.78 is 5.13. The zero-order valence-corrected chi connectivity index (χ0v) is 8.64. The summed E-state index contributed by atoms with van der Waals surface area (Å²) in [6, 6.07) is 0. The van der Waals surface area contributed by atoms with Gasteiger partial charge in [0.25, 0.3) is 0 Å². The Kier molecular flexibility index (Phi) is 2.00. The van der Waals surface area contributed by atoms with Gasteiger partial charge in [0, 0.05) is 11.6 Å². The predicted molar refractivity (Wildman–Crippen MR) is 61.3 cm³/mol. The van der Waals surface area contributed by atoms with E-state index in [1.54, 1.807) is 6.08 Å². The van der Waals surface area contributed by atoms with Gasteiger partial charge in [0.1, 0.15) is 5.76 Å². The van der Waals surface area contributed by atoms with Crippen LogP contribution in [0.1, 0.15) is 6.42 Å². The zero-order chi connectivity index (χ0) is 11.0. The lowest BCUT2D eigenvalue weighted by atomic mass is 9.95. The van der Waals surface area contributed by atoms with E-state index in [1.807, 2.05) is 36.5 Å². The first-order valence-electron chi connectivity index (χ1n) is 5.22. The molecule has 2 bridgehead atoms. The van der Waals surface area contributed by atoms with E-state index in [9.17, 15) is 4.79 Å². The van der Waals surface area contributed by atoms with E-state index in [0.717, 1.165) is 17.6 Å². The van der Waals surface area contributed by atoms with Gasteiger partial charge < -0.3 is 4.74 Å². The predicted octanol–water partition coefficient (Wildman–Crippen LogP) is 2.74. The van der Waals surface area contributed by atoms with Crippen molar-refractivity contribution in [2.45, 2.75) is 6.42 Å². The van der Waals surface area contributed by atoms with Crippen molar-refractivity contribution < 1.29 is 9.53 Å². The largest absolute Gasteiger partial charge is 0.423 e. The van der Waals surface area contributed by atoms with E-state index in [2.05, 4.69) is 6.08 Å². The monoisotopic (exact) mass is 210 g/mol. The molecule has 16 heavy (non-hydrogen) atoms. The van der Waals surface area contributed by atoms with Gasteiger partial charge in [0.15, 0.2) is 0 Å². The van der Waals surface area contributed by atoms with Gasteiger partial charge in [-0.15, -0.1) is 0 Å². The van der Waals surface area contributed by atoms with Crippen LogP contribution in [0.25, 0.3) is 0 Å². The SMILES string of the molecule is O=C1C=C2C3=CC=CC=C(C=CC=C2O1)C3. The smallest absolute Gasteiger partial charge is 0.336 e. The lowest BCUT2D eigenvalue weighted by molar-refractivity contribution is -0.132. The Labute approximate surface area is 93.6 Å². The number of rotatable bonds is 0. The van der Waals surface area contributed by atoms with Crippen molar-refractivity contribution in [1.82, 2.24) is 0 Å². The number of ether oxygens (including phenoxy) is 1. The Balaban J connectivity index is 2.17. The molecule has 0 radical (unpaired) electrons. The van der Waals surface area contributed by atoms with Crippen molar-refractivity contribution >= 4 is 5.97 Å². The highest BCUT2D eigenvalue weighted by Crippen LogP contribution is 2.33. The van der Waals surface area contributed by atoms with Crippen LogP contribution in [-0.2, 0) is 9.53 Å². The third-order valence-electron chi connectivity index (χ3n) is 2.76. The highest BCUT2D eigenvalue weighted by atomic mass is 16.5. The molecule has 0 saturated heterocycles. The summed E-state index contributed by atoms with van der Waals surface area (Å²) in [6.45, 7) is 0. The van der Waals surface area contributed by atoms with Gasteiger partial charge in [-0.2, -0.15) is 0 Å². The molecule has 3 rings (SSSR count). The molecule has 0 N–H and O–H groups in total. The van der Waals surface area contributed by atoms with Crippen LogP contribution in [-0.4, -0.2) is 5.97 Å². The molecule has 0 amide bonds. The van der Waals surface area contributed by atoms with Crippen LogP contribution in [0.5, 0.6) is 0 Å². The van der Waals surface area contributed by atoms with Crippen LogP contribution in [0.4, 0.5) is 0 Å². The fourth-order valence-electron chi connectivity index (χ4n) is 2.00. The Morgan fingerprint density at radius 3 is 2.88 bits per heavy atom. The Morgan fingerprint density at radius 1 is 1.06 bits per heavy atom. The third kappa shape index (κ3) is 1.48. The molecule has 0 saturated carbocycles. The minimum absolute atomic E-state index is 0.281. The summed E-state index contributed by atoms with van der Waals surface area (Å²) in [5, 5.41) is 0. The van der Waals surface area contributed by atoms with Gasteiger partial charge in [-0.25, -0.2) is 4.79 Å². The van der Waals surface area contributed by atoms with Crippen molar-refractivity contribution in [1.29, 1.82) is 0 Å². The van der Waals surface area contributed by atoms with Crippen LogP contribution in [0, 0.1) is 0 Å². The minimum atomic E-state index is -0.281. The molecule has 2 heteroatoms. The standard InChI is InChI=1S/C14H10O2/c15-14-9-12-11-6-2-1-4-10(8-11)5-3-7-13(12)16-14/h1-7,9H,8H2. The molecule has 2 aliphatic carbocycles. The Hall–Kier alpha value is -2.09. The number of esters is 1. The summed E-state index contributed by atoms with van der Waals surface area (Å²) in [5.41, 5.74) is 3.27. The lowest BCUT2D eigenvalue weighted by Gasteiger charge is -2.11. The van der Waals surface area contributed by atoms with Gasteiger partial charge in [-0.3, -0.25) is 0 Å². The van der Waals surface area contributed by atoms with Crippen LogP contribution < -0.4 is 0 Å². The van der Waals surface area contributed by atoms with Gasteiger partial charge in [0.2, 0.25) is 0 Å². The molecular weight excluding hydrogens is 200 g/mol. The molecule has 1 aliphatic heterocycles. The summed E-state index contributed by atoms with van der Waals surface area (Å²) in [5.74, 6) is 0.373. The molecular formula is C14H10O2. The van der Waals surface area contributed by atoms with E-state index in [1.165, 1.54) is 5.57 Å². The minimum Gasteiger partial charge on any atom is -0.423 e. The quantitative estimate of drug-likeness (QED) is 0.574.